The van der Waals surface area contributed by atoms with Gasteiger partial charge < -0.3 is 20.9 Å². The lowest BCUT2D eigenvalue weighted by atomic mass is 10.1. The van der Waals surface area contributed by atoms with Crippen molar-refractivity contribution in [1.82, 2.24) is 14.9 Å². The topological polar surface area (TPSA) is 87.4 Å². The first kappa shape index (κ1) is 24.5. The first-order valence-electron chi connectivity index (χ1n) is 10.1. The van der Waals surface area contributed by atoms with Crippen LogP contribution in [0.25, 0.3) is 10.4 Å². The molecule has 0 radical (unpaired) electrons. The average molecular weight is 479 g/mol. The minimum absolute atomic E-state index is 0.103. The zero-order valence-electron chi connectivity index (χ0n) is 18.5. The molecule has 0 saturated carbocycles. The number of anilines is 3. The number of thiophene rings is 1. The van der Waals surface area contributed by atoms with Crippen molar-refractivity contribution in [3.8, 4) is 10.4 Å². The number of carbonyl (C=O) groups is 1. The summed E-state index contributed by atoms with van der Waals surface area (Å²) in [5.74, 6) is -0.365. The number of halogens is 3. The summed E-state index contributed by atoms with van der Waals surface area (Å²) < 4.78 is 40.0. The van der Waals surface area contributed by atoms with Crippen LogP contribution in [0.15, 0.2) is 42.0 Å². The summed E-state index contributed by atoms with van der Waals surface area (Å²) in [4.78, 5) is 25.4. The second-order valence-electron chi connectivity index (χ2n) is 7.79. The van der Waals surface area contributed by atoms with Gasteiger partial charge in [-0.3, -0.25) is 4.79 Å². The Morgan fingerprint density at radius 3 is 2.45 bits per heavy atom. The maximum atomic E-state index is 13.3. The smallest absolute Gasteiger partial charge is 0.373 e. The highest BCUT2D eigenvalue weighted by Gasteiger charge is 2.31. The van der Waals surface area contributed by atoms with Crippen molar-refractivity contribution in [1.29, 1.82) is 0 Å². The van der Waals surface area contributed by atoms with Crippen LogP contribution in [0.3, 0.4) is 0 Å². The molecule has 0 aliphatic rings. The maximum absolute atomic E-state index is 13.3. The van der Waals surface area contributed by atoms with Gasteiger partial charge in [-0.25, -0.2) is 9.97 Å². The monoisotopic (exact) mass is 478 g/mol. The third-order valence-corrected chi connectivity index (χ3v) is 5.88. The Hall–Kier alpha value is -3.18. The van der Waals surface area contributed by atoms with Gasteiger partial charge >= 0.3 is 6.18 Å². The minimum atomic E-state index is -4.52. The van der Waals surface area contributed by atoms with Crippen LogP contribution in [-0.4, -0.2) is 55.0 Å². The van der Waals surface area contributed by atoms with Crippen LogP contribution < -0.4 is 16.0 Å². The summed E-state index contributed by atoms with van der Waals surface area (Å²) in [6.45, 7) is 1.45. The van der Waals surface area contributed by atoms with Crippen molar-refractivity contribution < 1.29 is 18.0 Å². The fraction of sp³-hybridized carbons (Fsp3) is 0.318. The van der Waals surface area contributed by atoms with Crippen LogP contribution in [0.5, 0.6) is 0 Å². The van der Waals surface area contributed by atoms with Crippen LogP contribution >= 0.6 is 11.3 Å². The number of hydrogen-bond donors (Lipinski definition) is 2. The number of alkyl halides is 3. The lowest BCUT2D eigenvalue weighted by Gasteiger charge is -2.24. The number of benzene rings is 1. The molecular weight excluding hydrogens is 453 g/mol. The summed E-state index contributed by atoms with van der Waals surface area (Å²) in [6, 6.07) is 5.02. The summed E-state index contributed by atoms with van der Waals surface area (Å²) in [7, 11) is 5.70. The van der Waals surface area contributed by atoms with Crippen LogP contribution in [0.2, 0.25) is 0 Å². The first-order valence-corrected chi connectivity index (χ1v) is 11.0. The largest absolute Gasteiger partial charge is 0.416 e. The van der Waals surface area contributed by atoms with Gasteiger partial charge in [0.1, 0.15) is 0 Å². The Balaban J connectivity index is 1.84. The molecule has 2 aromatic heterocycles. The summed E-state index contributed by atoms with van der Waals surface area (Å²) in [5.41, 5.74) is 6.30. The quantitative estimate of drug-likeness (QED) is 0.498. The Bertz CT molecular complexity index is 1100. The van der Waals surface area contributed by atoms with Crippen LogP contribution in [0.1, 0.15) is 22.3 Å². The predicted molar refractivity (Wildman–Crippen MR) is 126 cm³/mol. The third-order valence-electron chi connectivity index (χ3n) is 4.90. The normalized spacial score (nSPS) is 11.6. The number of nitrogens with two attached hydrogens (primary N) is 1. The highest BCUT2D eigenvalue weighted by molar-refractivity contribution is 7.13. The molecule has 7 nitrogen and oxygen atoms in total. The van der Waals surface area contributed by atoms with E-state index in [1.807, 2.05) is 23.9 Å². The molecule has 33 heavy (non-hydrogen) atoms. The third kappa shape index (κ3) is 6.42. The zero-order valence-corrected chi connectivity index (χ0v) is 19.3. The van der Waals surface area contributed by atoms with Crippen molar-refractivity contribution in [2.75, 3.05) is 50.2 Å². The summed E-state index contributed by atoms with van der Waals surface area (Å²) in [5, 5.41) is 4.29. The SMILES string of the molecule is CN(C)CCCN(C)c1ccc(C(F)(F)F)cc1NC(=O)c1csc(-c2cnc(N)nc2)c1. The Labute approximate surface area is 194 Å². The number of nitrogens with zero attached hydrogens (tertiary/aromatic N) is 4. The van der Waals surface area contributed by atoms with E-state index in [1.165, 1.54) is 17.4 Å². The van der Waals surface area contributed by atoms with Crippen molar-refractivity contribution in [3.63, 3.8) is 0 Å². The van der Waals surface area contributed by atoms with E-state index in [0.717, 1.165) is 30.0 Å². The van der Waals surface area contributed by atoms with Crippen LogP contribution in [0.4, 0.5) is 30.5 Å². The van der Waals surface area contributed by atoms with Gasteiger partial charge in [0.15, 0.2) is 0 Å². The number of carbonyl (C=O) groups excluding carboxylic acids is 1. The molecule has 3 aromatic rings. The fourth-order valence-corrected chi connectivity index (χ4v) is 4.02. The van der Waals surface area contributed by atoms with E-state index < -0.39 is 17.6 Å². The van der Waals surface area contributed by atoms with Crippen molar-refractivity contribution in [3.05, 3.63) is 53.2 Å². The standard InChI is InChI=1S/C22H25F3N6OS/c1-30(2)7-4-8-31(3)18-6-5-16(22(23,24)25)10-17(18)29-20(32)14-9-19(33-13-14)15-11-27-21(26)28-12-15/h5-6,9-13H,4,7-8H2,1-3H3,(H,29,32)(H2,26,27,28). The fourth-order valence-electron chi connectivity index (χ4n) is 3.16. The zero-order chi connectivity index (χ0) is 24.2. The van der Waals surface area contributed by atoms with Gasteiger partial charge in [0.2, 0.25) is 5.95 Å². The van der Waals surface area contributed by atoms with E-state index in [1.54, 1.807) is 30.9 Å². The van der Waals surface area contributed by atoms with Gasteiger partial charge in [-0.2, -0.15) is 13.2 Å². The van der Waals surface area contributed by atoms with Gasteiger partial charge in [0.25, 0.3) is 5.91 Å². The van der Waals surface area contributed by atoms with E-state index in [2.05, 4.69) is 15.3 Å². The van der Waals surface area contributed by atoms with Crippen molar-refractivity contribution in [2.24, 2.45) is 0 Å². The Kier molecular flexibility index (Phi) is 7.54. The second-order valence-corrected chi connectivity index (χ2v) is 8.70. The summed E-state index contributed by atoms with van der Waals surface area (Å²) in [6.07, 6.45) is -0.616. The van der Waals surface area contributed by atoms with E-state index in [-0.39, 0.29) is 11.6 Å². The van der Waals surface area contributed by atoms with Gasteiger partial charge in [-0.05, 0) is 51.3 Å². The summed E-state index contributed by atoms with van der Waals surface area (Å²) >= 11 is 1.30. The Morgan fingerprint density at radius 2 is 1.82 bits per heavy atom. The molecule has 1 aromatic carbocycles. The molecule has 11 heteroatoms. The second kappa shape index (κ2) is 10.2. The van der Waals surface area contributed by atoms with Gasteiger partial charge in [0, 0.05) is 41.8 Å². The molecular formula is C22H25F3N6OS. The number of nitrogens with one attached hydrogen (secondary N) is 1. The van der Waals surface area contributed by atoms with E-state index in [9.17, 15) is 18.0 Å². The number of hydrogen-bond acceptors (Lipinski definition) is 7. The lowest BCUT2D eigenvalue weighted by molar-refractivity contribution is -0.137. The minimum Gasteiger partial charge on any atom is -0.373 e. The van der Waals surface area contributed by atoms with E-state index >= 15 is 0 Å². The van der Waals surface area contributed by atoms with E-state index in [4.69, 9.17) is 5.73 Å². The maximum Gasteiger partial charge on any atom is 0.416 e. The van der Waals surface area contributed by atoms with Crippen molar-refractivity contribution >= 4 is 34.6 Å². The molecule has 0 bridgehead atoms. The average Bonchev–Trinajstić information content (AvgIpc) is 3.23. The molecule has 0 fully saturated rings. The Morgan fingerprint density at radius 1 is 1.12 bits per heavy atom. The molecule has 0 atom stereocenters. The number of aromatic nitrogens is 2. The molecule has 1 amide bonds. The van der Waals surface area contributed by atoms with Crippen molar-refractivity contribution in [2.45, 2.75) is 12.6 Å². The molecule has 0 spiro atoms. The molecule has 2 heterocycles. The van der Waals surface area contributed by atoms with Gasteiger partial charge in [-0.1, -0.05) is 0 Å². The molecule has 0 aliphatic carbocycles. The molecule has 0 saturated heterocycles. The van der Waals surface area contributed by atoms with Gasteiger partial charge in [-0.15, -0.1) is 11.3 Å². The lowest BCUT2D eigenvalue weighted by Crippen LogP contribution is -2.25. The van der Waals surface area contributed by atoms with Gasteiger partial charge in [0.05, 0.1) is 22.5 Å². The molecule has 3 rings (SSSR count). The number of nitrogen functional groups attached to an aromatic ring is 1. The molecule has 3 N–H and O–H groups in total. The number of rotatable bonds is 8. The number of amides is 1. The van der Waals surface area contributed by atoms with Crippen LogP contribution in [-0.2, 0) is 6.18 Å². The van der Waals surface area contributed by atoms with E-state index in [0.29, 0.717) is 23.4 Å². The predicted octanol–water partition coefficient (Wildman–Crippen LogP) is 4.45. The molecule has 0 unspecified atom stereocenters. The molecule has 176 valence electrons. The highest BCUT2D eigenvalue weighted by atomic mass is 32.1. The molecule has 0 aliphatic heterocycles. The first-order chi connectivity index (χ1) is 15.5. The highest BCUT2D eigenvalue weighted by Crippen LogP contribution is 2.36. The van der Waals surface area contributed by atoms with Crippen LogP contribution in [0, 0.1) is 0 Å².